The maximum atomic E-state index is 12.3. The largest absolute Gasteiger partial charge is 0.455 e. The van der Waals surface area contributed by atoms with Crippen LogP contribution in [-0.4, -0.2) is 33.7 Å². The molecule has 0 bridgehead atoms. The summed E-state index contributed by atoms with van der Waals surface area (Å²) in [7, 11) is 0. The normalized spacial score (nSPS) is 14.7. The molecule has 0 saturated carbocycles. The van der Waals surface area contributed by atoms with E-state index in [9.17, 15) is 4.79 Å². The number of carbonyl (C=O) groups excluding carboxylic acids is 1. The number of nitrogens with one attached hydrogen (secondary N) is 1. The van der Waals surface area contributed by atoms with E-state index >= 15 is 0 Å². The van der Waals surface area contributed by atoms with Crippen molar-refractivity contribution in [1.29, 1.82) is 0 Å². The van der Waals surface area contributed by atoms with Gasteiger partial charge in [-0.2, -0.15) is 5.10 Å². The Morgan fingerprint density at radius 3 is 2.64 bits per heavy atom. The molecule has 6 nitrogen and oxygen atoms in total. The highest BCUT2D eigenvalue weighted by molar-refractivity contribution is 6.02. The van der Waals surface area contributed by atoms with Crippen molar-refractivity contribution >= 4 is 11.6 Å². The fourth-order valence-electron chi connectivity index (χ4n) is 3.06. The Morgan fingerprint density at radius 1 is 1.12 bits per heavy atom. The third-order valence-electron chi connectivity index (χ3n) is 4.36. The van der Waals surface area contributed by atoms with Crippen molar-refractivity contribution in [2.24, 2.45) is 0 Å². The highest BCUT2D eigenvalue weighted by Crippen LogP contribution is 2.17. The van der Waals surface area contributed by atoms with Gasteiger partial charge in [0.25, 0.3) is 5.91 Å². The maximum Gasteiger partial charge on any atom is 0.291 e. The molecule has 0 radical (unpaired) electrons. The van der Waals surface area contributed by atoms with E-state index in [-0.39, 0.29) is 5.91 Å². The molecule has 1 aromatic carbocycles. The first-order valence-corrected chi connectivity index (χ1v) is 8.50. The van der Waals surface area contributed by atoms with Crippen molar-refractivity contribution in [1.82, 2.24) is 14.7 Å². The molecule has 1 aliphatic heterocycles. The van der Waals surface area contributed by atoms with Crippen molar-refractivity contribution in [3.8, 4) is 5.69 Å². The fraction of sp³-hybridized carbons (Fsp3) is 0.263. The molecular weight excluding hydrogens is 316 g/mol. The van der Waals surface area contributed by atoms with E-state index in [0.29, 0.717) is 5.76 Å². The van der Waals surface area contributed by atoms with E-state index in [4.69, 9.17) is 4.42 Å². The number of carbonyl (C=O) groups is 1. The van der Waals surface area contributed by atoms with E-state index in [0.717, 1.165) is 36.8 Å². The first-order valence-electron chi connectivity index (χ1n) is 8.50. The molecule has 128 valence electrons. The number of rotatable bonds is 5. The quantitative estimate of drug-likeness (QED) is 0.776. The number of hydrogen-bond acceptors (Lipinski definition) is 4. The smallest absolute Gasteiger partial charge is 0.291 e. The lowest BCUT2D eigenvalue weighted by molar-refractivity contribution is 0.0993. The molecule has 3 heterocycles. The summed E-state index contributed by atoms with van der Waals surface area (Å²) in [6.45, 7) is 2.97. The van der Waals surface area contributed by atoms with Crippen molar-refractivity contribution in [2.75, 3.05) is 18.4 Å². The molecule has 3 aromatic rings. The average molecular weight is 336 g/mol. The molecule has 0 spiro atoms. The summed E-state index contributed by atoms with van der Waals surface area (Å²) in [6.07, 6.45) is 6.08. The van der Waals surface area contributed by atoms with Gasteiger partial charge >= 0.3 is 0 Å². The SMILES string of the molecule is O=C(Nc1ccc(-n2cccn2)cc1)c1ccc(CN2CCCC2)o1. The van der Waals surface area contributed by atoms with Gasteiger partial charge in [0.15, 0.2) is 5.76 Å². The number of hydrogen-bond donors (Lipinski definition) is 1. The molecular formula is C19H20N4O2. The molecule has 1 N–H and O–H groups in total. The van der Waals surface area contributed by atoms with Gasteiger partial charge in [0, 0.05) is 18.1 Å². The van der Waals surface area contributed by atoms with Gasteiger partial charge < -0.3 is 9.73 Å². The summed E-state index contributed by atoms with van der Waals surface area (Å²) in [6, 6.07) is 13.0. The van der Waals surface area contributed by atoms with Crippen LogP contribution in [0.2, 0.25) is 0 Å². The Balaban J connectivity index is 1.39. The predicted octanol–water partition coefficient (Wildman–Crippen LogP) is 3.31. The summed E-state index contributed by atoms with van der Waals surface area (Å²) >= 11 is 0. The van der Waals surface area contributed by atoms with E-state index in [2.05, 4.69) is 15.3 Å². The van der Waals surface area contributed by atoms with Gasteiger partial charge in [-0.05, 0) is 68.4 Å². The number of nitrogens with zero attached hydrogens (tertiary/aromatic N) is 3. The second kappa shape index (κ2) is 6.94. The topological polar surface area (TPSA) is 63.3 Å². The second-order valence-corrected chi connectivity index (χ2v) is 6.20. The number of likely N-dealkylation sites (tertiary alicyclic amines) is 1. The molecule has 0 aliphatic carbocycles. The van der Waals surface area contributed by atoms with E-state index in [1.807, 2.05) is 42.6 Å². The van der Waals surface area contributed by atoms with Gasteiger partial charge in [-0.25, -0.2) is 4.68 Å². The van der Waals surface area contributed by atoms with E-state index < -0.39 is 0 Å². The van der Waals surface area contributed by atoms with Crippen LogP contribution in [0.4, 0.5) is 5.69 Å². The number of benzene rings is 1. The lowest BCUT2D eigenvalue weighted by Gasteiger charge is -2.11. The number of aromatic nitrogens is 2. The summed E-state index contributed by atoms with van der Waals surface area (Å²) in [5.41, 5.74) is 1.66. The van der Waals surface area contributed by atoms with Crippen molar-refractivity contribution in [2.45, 2.75) is 19.4 Å². The first-order chi connectivity index (χ1) is 12.3. The molecule has 1 amide bonds. The van der Waals surface area contributed by atoms with Crippen LogP contribution in [0.1, 0.15) is 29.2 Å². The van der Waals surface area contributed by atoms with Gasteiger partial charge in [-0.3, -0.25) is 9.69 Å². The minimum Gasteiger partial charge on any atom is -0.455 e. The fourth-order valence-corrected chi connectivity index (χ4v) is 3.06. The molecule has 0 atom stereocenters. The molecule has 1 saturated heterocycles. The molecule has 2 aromatic heterocycles. The predicted molar refractivity (Wildman–Crippen MR) is 94.7 cm³/mol. The zero-order valence-electron chi connectivity index (χ0n) is 13.9. The lowest BCUT2D eigenvalue weighted by atomic mass is 10.2. The Bertz CT molecular complexity index is 831. The first kappa shape index (κ1) is 15.7. The van der Waals surface area contributed by atoms with E-state index in [1.165, 1.54) is 12.8 Å². The number of amides is 1. The molecule has 1 fully saturated rings. The Kier molecular flexibility index (Phi) is 4.35. The van der Waals surface area contributed by atoms with Crippen LogP contribution >= 0.6 is 0 Å². The number of furan rings is 1. The summed E-state index contributed by atoms with van der Waals surface area (Å²) in [4.78, 5) is 14.7. The third-order valence-corrected chi connectivity index (χ3v) is 4.36. The van der Waals surface area contributed by atoms with Gasteiger partial charge in [-0.1, -0.05) is 0 Å². The van der Waals surface area contributed by atoms with Crippen LogP contribution in [0, 0.1) is 0 Å². The van der Waals surface area contributed by atoms with Gasteiger partial charge in [-0.15, -0.1) is 0 Å². The summed E-state index contributed by atoms with van der Waals surface area (Å²) in [5, 5.41) is 7.04. The monoisotopic (exact) mass is 336 g/mol. The highest BCUT2D eigenvalue weighted by atomic mass is 16.4. The zero-order chi connectivity index (χ0) is 17.1. The average Bonchev–Trinajstić information content (AvgIpc) is 3.39. The van der Waals surface area contributed by atoms with E-state index in [1.54, 1.807) is 16.9 Å². The van der Waals surface area contributed by atoms with Crippen LogP contribution in [0.5, 0.6) is 0 Å². The zero-order valence-corrected chi connectivity index (χ0v) is 13.9. The van der Waals surface area contributed by atoms with Crippen LogP contribution in [0.15, 0.2) is 59.3 Å². The Hall–Kier alpha value is -2.86. The Labute approximate surface area is 146 Å². The standard InChI is InChI=1S/C19H20N4O2/c24-19(18-9-8-17(25-18)14-22-11-1-2-12-22)21-15-4-6-16(7-5-15)23-13-3-10-20-23/h3-10,13H,1-2,11-12,14H2,(H,21,24). The lowest BCUT2D eigenvalue weighted by Crippen LogP contribution is -2.18. The molecule has 4 rings (SSSR count). The molecule has 1 aliphatic rings. The Morgan fingerprint density at radius 2 is 1.92 bits per heavy atom. The van der Waals surface area contributed by atoms with Crippen LogP contribution < -0.4 is 5.32 Å². The van der Waals surface area contributed by atoms with Crippen LogP contribution in [-0.2, 0) is 6.54 Å². The van der Waals surface area contributed by atoms with Crippen molar-refractivity contribution < 1.29 is 9.21 Å². The third kappa shape index (κ3) is 3.64. The van der Waals surface area contributed by atoms with Crippen LogP contribution in [0.3, 0.4) is 0 Å². The van der Waals surface area contributed by atoms with Crippen LogP contribution in [0.25, 0.3) is 5.69 Å². The van der Waals surface area contributed by atoms with Gasteiger partial charge in [0.05, 0.1) is 12.2 Å². The summed E-state index contributed by atoms with van der Waals surface area (Å²) in [5.74, 6) is 0.936. The van der Waals surface area contributed by atoms with Crippen molar-refractivity contribution in [3.63, 3.8) is 0 Å². The second-order valence-electron chi connectivity index (χ2n) is 6.20. The molecule has 0 unspecified atom stereocenters. The minimum absolute atomic E-state index is 0.237. The van der Waals surface area contributed by atoms with Crippen molar-refractivity contribution in [3.05, 3.63) is 66.4 Å². The van der Waals surface area contributed by atoms with Gasteiger partial charge in [0.2, 0.25) is 0 Å². The summed E-state index contributed by atoms with van der Waals surface area (Å²) < 4.78 is 7.46. The maximum absolute atomic E-state index is 12.3. The van der Waals surface area contributed by atoms with Gasteiger partial charge in [0.1, 0.15) is 5.76 Å². The highest BCUT2D eigenvalue weighted by Gasteiger charge is 2.16. The molecule has 25 heavy (non-hydrogen) atoms. The minimum atomic E-state index is -0.237. The molecule has 6 heteroatoms. The number of anilines is 1.